The van der Waals surface area contributed by atoms with Gasteiger partial charge in [-0.25, -0.2) is 0 Å². The van der Waals surface area contributed by atoms with E-state index >= 15 is 0 Å². The summed E-state index contributed by atoms with van der Waals surface area (Å²) in [6.07, 6.45) is 22.5. The molecule has 0 fully saturated rings. The van der Waals surface area contributed by atoms with Gasteiger partial charge in [0.1, 0.15) is 0 Å². The molecule has 2 nitrogen and oxygen atoms in total. The predicted octanol–water partition coefficient (Wildman–Crippen LogP) is 9.25. The zero-order chi connectivity index (χ0) is 21.8. The van der Waals surface area contributed by atoms with Crippen LogP contribution in [-0.2, 0) is 9.53 Å². The molecule has 1 unspecified atom stereocenters. The third-order valence-corrected chi connectivity index (χ3v) is 6.85. The van der Waals surface area contributed by atoms with Gasteiger partial charge in [-0.15, -0.1) is 0 Å². The van der Waals surface area contributed by atoms with Crippen LogP contribution < -0.4 is 0 Å². The first-order valence-corrected chi connectivity index (χ1v) is 13.1. The smallest absolute Gasteiger partial charge is 0.306 e. The molecule has 2 heteroatoms. The molecule has 0 amide bonds. The van der Waals surface area contributed by atoms with Crippen LogP contribution in [0.5, 0.6) is 0 Å². The minimum atomic E-state index is 0.0300. The van der Waals surface area contributed by atoms with Crippen LogP contribution in [0.15, 0.2) is 0 Å². The number of hydrogen-bond acceptors (Lipinski definition) is 2. The maximum Gasteiger partial charge on any atom is 0.306 e. The third kappa shape index (κ3) is 16.9. The minimum Gasteiger partial charge on any atom is -0.466 e. The molecular formula is C27H54O2. The van der Waals surface area contributed by atoms with Gasteiger partial charge in [-0.2, -0.15) is 0 Å². The fourth-order valence-electron chi connectivity index (χ4n) is 4.09. The van der Waals surface area contributed by atoms with E-state index in [1.165, 1.54) is 96.3 Å². The summed E-state index contributed by atoms with van der Waals surface area (Å²) >= 11 is 0. The lowest BCUT2D eigenvalue weighted by Gasteiger charge is -2.33. The Morgan fingerprint density at radius 3 is 1.62 bits per heavy atom. The zero-order valence-corrected chi connectivity index (χ0v) is 20.8. The third-order valence-electron chi connectivity index (χ3n) is 6.85. The number of carbonyl (C=O) groups excluding carboxylic acids is 1. The molecular weight excluding hydrogens is 356 g/mol. The van der Waals surface area contributed by atoms with Crippen LogP contribution in [0.1, 0.15) is 150 Å². The number of unbranched alkanes of at least 4 members (excludes halogenated alkanes) is 13. The van der Waals surface area contributed by atoms with Crippen LogP contribution in [0.4, 0.5) is 0 Å². The summed E-state index contributed by atoms with van der Waals surface area (Å²) in [4.78, 5) is 12.4. The molecule has 0 aromatic rings. The first kappa shape index (κ1) is 28.5. The van der Waals surface area contributed by atoms with Gasteiger partial charge >= 0.3 is 5.97 Å². The van der Waals surface area contributed by atoms with Crippen molar-refractivity contribution in [2.24, 2.45) is 11.3 Å². The second-order valence-corrected chi connectivity index (χ2v) is 9.85. The van der Waals surface area contributed by atoms with Crippen molar-refractivity contribution in [3.8, 4) is 0 Å². The van der Waals surface area contributed by atoms with Crippen molar-refractivity contribution in [3.05, 3.63) is 0 Å². The number of rotatable bonds is 21. The van der Waals surface area contributed by atoms with Crippen LogP contribution >= 0.6 is 0 Å². The fraction of sp³-hybridized carbons (Fsp3) is 0.963. The van der Waals surface area contributed by atoms with Gasteiger partial charge in [-0.3, -0.25) is 4.79 Å². The Morgan fingerprint density at radius 2 is 1.14 bits per heavy atom. The fourth-order valence-corrected chi connectivity index (χ4v) is 4.09. The Bertz CT molecular complexity index is 362. The predicted molar refractivity (Wildman–Crippen MR) is 128 cm³/mol. The van der Waals surface area contributed by atoms with Gasteiger partial charge in [0.15, 0.2) is 0 Å². The Balaban J connectivity index is 3.97. The molecule has 0 bridgehead atoms. The van der Waals surface area contributed by atoms with Crippen molar-refractivity contribution in [1.29, 1.82) is 0 Å². The van der Waals surface area contributed by atoms with Crippen LogP contribution in [0.25, 0.3) is 0 Å². The van der Waals surface area contributed by atoms with Crippen molar-refractivity contribution in [2.45, 2.75) is 150 Å². The van der Waals surface area contributed by atoms with E-state index in [0.29, 0.717) is 18.9 Å². The van der Waals surface area contributed by atoms with Gasteiger partial charge in [0.05, 0.1) is 6.61 Å². The molecule has 174 valence electrons. The van der Waals surface area contributed by atoms with E-state index in [1.54, 1.807) is 0 Å². The highest BCUT2D eigenvalue weighted by molar-refractivity contribution is 5.69. The molecule has 1 atom stereocenters. The topological polar surface area (TPSA) is 26.3 Å². The lowest BCUT2D eigenvalue weighted by atomic mass is 9.72. The Kier molecular flexibility index (Phi) is 19.1. The summed E-state index contributed by atoms with van der Waals surface area (Å²) in [6.45, 7) is 12.0. The van der Waals surface area contributed by atoms with Crippen LogP contribution in [0.2, 0.25) is 0 Å². The minimum absolute atomic E-state index is 0.0300. The van der Waals surface area contributed by atoms with E-state index in [4.69, 9.17) is 4.74 Å². The van der Waals surface area contributed by atoms with Gasteiger partial charge in [0.2, 0.25) is 0 Å². The van der Waals surface area contributed by atoms with E-state index in [9.17, 15) is 4.79 Å². The van der Waals surface area contributed by atoms with E-state index < -0.39 is 0 Å². The molecule has 0 aromatic carbocycles. The van der Waals surface area contributed by atoms with Crippen molar-refractivity contribution in [1.82, 2.24) is 0 Å². The SMILES string of the molecule is CCCCCCCCCCOC(=O)CC(CCCCCCCCC)C(C)(C)CC. The van der Waals surface area contributed by atoms with Crippen LogP contribution in [0.3, 0.4) is 0 Å². The summed E-state index contributed by atoms with van der Waals surface area (Å²) in [5.74, 6) is 0.483. The van der Waals surface area contributed by atoms with Gasteiger partial charge in [-0.05, 0) is 24.2 Å². The lowest BCUT2D eigenvalue weighted by molar-refractivity contribution is -0.146. The van der Waals surface area contributed by atoms with E-state index in [1.807, 2.05) is 0 Å². The maximum absolute atomic E-state index is 12.4. The molecule has 0 spiro atoms. The van der Waals surface area contributed by atoms with Gasteiger partial charge in [0.25, 0.3) is 0 Å². The van der Waals surface area contributed by atoms with Crippen molar-refractivity contribution >= 4 is 5.97 Å². The summed E-state index contributed by atoms with van der Waals surface area (Å²) < 4.78 is 5.59. The molecule has 0 rings (SSSR count). The molecule has 0 aromatic heterocycles. The summed E-state index contributed by atoms with van der Waals surface area (Å²) in [6, 6.07) is 0. The number of ether oxygens (including phenoxy) is 1. The van der Waals surface area contributed by atoms with Crippen molar-refractivity contribution < 1.29 is 9.53 Å². The summed E-state index contributed by atoms with van der Waals surface area (Å²) in [7, 11) is 0. The Hall–Kier alpha value is -0.530. The van der Waals surface area contributed by atoms with Gasteiger partial charge in [-0.1, -0.05) is 131 Å². The monoisotopic (exact) mass is 410 g/mol. The molecule has 0 saturated carbocycles. The molecule has 29 heavy (non-hydrogen) atoms. The number of carbonyl (C=O) groups is 1. The summed E-state index contributed by atoms with van der Waals surface area (Å²) in [5.41, 5.74) is 0.222. The second kappa shape index (κ2) is 19.4. The normalized spacial score (nSPS) is 12.9. The van der Waals surface area contributed by atoms with Gasteiger partial charge < -0.3 is 4.74 Å². The van der Waals surface area contributed by atoms with E-state index in [2.05, 4.69) is 34.6 Å². The molecule has 0 heterocycles. The molecule has 0 aliphatic rings. The standard InChI is InChI=1S/C27H54O2/c1-6-9-11-13-15-17-19-21-23-29-26(28)24-25(27(4,5)8-3)22-20-18-16-14-12-10-7-2/h25H,6-24H2,1-5H3. The largest absolute Gasteiger partial charge is 0.466 e. The average molecular weight is 411 g/mol. The zero-order valence-electron chi connectivity index (χ0n) is 20.8. The van der Waals surface area contributed by atoms with Crippen molar-refractivity contribution in [3.63, 3.8) is 0 Å². The van der Waals surface area contributed by atoms with Crippen LogP contribution in [0, 0.1) is 11.3 Å². The first-order chi connectivity index (χ1) is 14.0. The van der Waals surface area contributed by atoms with E-state index in [-0.39, 0.29) is 11.4 Å². The molecule has 0 radical (unpaired) electrons. The Labute approximate surface area is 184 Å². The second-order valence-electron chi connectivity index (χ2n) is 9.85. The highest BCUT2D eigenvalue weighted by Crippen LogP contribution is 2.37. The molecule has 0 aliphatic heterocycles. The van der Waals surface area contributed by atoms with E-state index in [0.717, 1.165) is 12.8 Å². The highest BCUT2D eigenvalue weighted by Gasteiger charge is 2.29. The maximum atomic E-state index is 12.4. The van der Waals surface area contributed by atoms with Crippen molar-refractivity contribution in [2.75, 3.05) is 6.61 Å². The quantitative estimate of drug-likeness (QED) is 0.139. The first-order valence-electron chi connectivity index (χ1n) is 13.1. The number of hydrogen-bond donors (Lipinski definition) is 0. The molecule has 0 aliphatic carbocycles. The average Bonchev–Trinajstić information content (AvgIpc) is 2.70. The lowest BCUT2D eigenvalue weighted by Crippen LogP contribution is -2.26. The van der Waals surface area contributed by atoms with Crippen LogP contribution in [-0.4, -0.2) is 12.6 Å². The summed E-state index contributed by atoms with van der Waals surface area (Å²) in [5, 5.41) is 0. The highest BCUT2D eigenvalue weighted by atomic mass is 16.5. The molecule has 0 saturated heterocycles. The molecule has 0 N–H and O–H groups in total. The van der Waals surface area contributed by atoms with Gasteiger partial charge in [0, 0.05) is 6.42 Å². The Morgan fingerprint density at radius 1 is 0.690 bits per heavy atom. The number of esters is 1.